The lowest BCUT2D eigenvalue weighted by Gasteiger charge is -2.24. The molecule has 18 heavy (non-hydrogen) atoms. The molecular weight excluding hydrogens is 251 g/mol. The Labute approximate surface area is 112 Å². The zero-order valence-corrected chi connectivity index (χ0v) is 11.0. The topological polar surface area (TPSA) is 38.0 Å². The van der Waals surface area contributed by atoms with Gasteiger partial charge in [-0.25, -0.2) is 4.39 Å². The molecule has 2 fully saturated rings. The van der Waals surface area contributed by atoms with Gasteiger partial charge < -0.3 is 0 Å². The molecule has 0 saturated heterocycles. The molecule has 98 valence electrons. The van der Waals surface area contributed by atoms with Crippen LogP contribution in [0.15, 0.2) is 18.2 Å². The van der Waals surface area contributed by atoms with Gasteiger partial charge in [0.05, 0.1) is 5.02 Å². The first-order valence-electron chi connectivity index (χ1n) is 6.58. The van der Waals surface area contributed by atoms with Crippen LogP contribution in [0.5, 0.6) is 0 Å². The van der Waals surface area contributed by atoms with Crippen LogP contribution in [0.2, 0.25) is 5.02 Å². The number of nitrogens with one attached hydrogen (secondary N) is 1. The summed E-state index contributed by atoms with van der Waals surface area (Å²) in [6.07, 6.45) is 4.62. The third-order valence-corrected chi connectivity index (χ3v) is 4.96. The fourth-order valence-corrected chi connectivity index (χ4v) is 3.60. The highest BCUT2D eigenvalue weighted by molar-refractivity contribution is 6.31. The SMILES string of the molecule is NNC(Cc1cccc(F)c1Cl)C1CC2CC2C1. The standard InChI is InChI=1S/C14H18ClFN2/c15-14-8(2-1-3-12(14)16)7-13(18-17)11-5-9-4-10(9)6-11/h1-3,9-11,13,18H,4-7,17H2. The molecule has 0 bridgehead atoms. The van der Waals surface area contributed by atoms with E-state index in [0.29, 0.717) is 12.3 Å². The Morgan fingerprint density at radius 1 is 1.33 bits per heavy atom. The summed E-state index contributed by atoms with van der Waals surface area (Å²) >= 11 is 5.99. The number of benzene rings is 1. The average Bonchev–Trinajstić information content (AvgIpc) is 2.98. The van der Waals surface area contributed by atoms with Gasteiger partial charge in [-0.1, -0.05) is 23.7 Å². The second-order valence-corrected chi connectivity index (χ2v) is 6.06. The van der Waals surface area contributed by atoms with Crippen molar-refractivity contribution in [2.24, 2.45) is 23.6 Å². The van der Waals surface area contributed by atoms with Crippen molar-refractivity contribution in [3.05, 3.63) is 34.6 Å². The smallest absolute Gasteiger partial charge is 0.142 e. The zero-order valence-electron chi connectivity index (χ0n) is 10.2. The summed E-state index contributed by atoms with van der Waals surface area (Å²) < 4.78 is 13.4. The third-order valence-electron chi connectivity index (χ3n) is 4.53. The molecule has 4 heteroatoms. The number of hydrazine groups is 1. The summed E-state index contributed by atoms with van der Waals surface area (Å²) in [6.45, 7) is 0. The van der Waals surface area contributed by atoms with Crippen molar-refractivity contribution in [1.29, 1.82) is 0 Å². The first-order valence-corrected chi connectivity index (χ1v) is 6.96. The number of fused-ring (bicyclic) bond motifs is 1. The lowest BCUT2D eigenvalue weighted by atomic mass is 9.90. The molecule has 0 heterocycles. The van der Waals surface area contributed by atoms with Crippen molar-refractivity contribution in [3.8, 4) is 0 Å². The van der Waals surface area contributed by atoms with Gasteiger partial charge >= 0.3 is 0 Å². The molecule has 0 radical (unpaired) electrons. The van der Waals surface area contributed by atoms with Gasteiger partial charge in [-0.15, -0.1) is 0 Å². The van der Waals surface area contributed by atoms with Gasteiger partial charge in [0.15, 0.2) is 0 Å². The van der Waals surface area contributed by atoms with Crippen LogP contribution in [0.4, 0.5) is 4.39 Å². The monoisotopic (exact) mass is 268 g/mol. The van der Waals surface area contributed by atoms with E-state index in [2.05, 4.69) is 5.43 Å². The van der Waals surface area contributed by atoms with Gasteiger partial charge in [0.2, 0.25) is 0 Å². The van der Waals surface area contributed by atoms with E-state index in [0.717, 1.165) is 17.4 Å². The summed E-state index contributed by atoms with van der Waals surface area (Å²) in [5.74, 6) is 7.77. The van der Waals surface area contributed by atoms with Crippen LogP contribution in [-0.4, -0.2) is 6.04 Å². The Morgan fingerprint density at radius 2 is 2.06 bits per heavy atom. The van der Waals surface area contributed by atoms with Gasteiger partial charge in [-0.05, 0) is 55.1 Å². The van der Waals surface area contributed by atoms with E-state index in [1.807, 2.05) is 6.07 Å². The molecule has 2 aliphatic carbocycles. The second kappa shape index (κ2) is 4.80. The molecular formula is C14H18ClFN2. The molecule has 3 atom stereocenters. The Balaban J connectivity index is 1.71. The van der Waals surface area contributed by atoms with Crippen molar-refractivity contribution in [3.63, 3.8) is 0 Å². The van der Waals surface area contributed by atoms with E-state index < -0.39 is 0 Å². The highest BCUT2D eigenvalue weighted by Crippen LogP contribution is 2.55. The van der Waals surface area contributed by atoms with Crippen molar-refractivity contribution in [1.82, 2.24) is 5.43 Å². The highest BCUT2D eigenvalue weighted by Gasteiger charge is 2.47. The van der Waals surface area contributed by atoms with Crippen molar-refractivity contribution >= 4 is 11.6 Å². The number of hydrogen-bond acceptors (Lipinski definition) is 2. The molecule has 0 amide bonds. The molecule has 3 rings (SSSR count). The van der Waals surface area contributed by atoms with E-state index in [-0.39, 0.29) is 16.9 Å². The van der Waals surface area contributed by atoms with E-state index in [1.165, 1.54) is 25.3 Å². The maximum Gasteiger partial charge on any atom is 0.142 e. The summed E-state index contributed by atoms with van der Waals surface area (Å²) in [5, 5.41) is 0.237. The Morgan fingerprint density at radius 3 is 2.72 bits per heavy atom. The Kier molecular flexibility index (Phi) is 3.31. The van der Waals surface area contributed by atoms with Crippen LogP contribution in [0.25, 0.3) is 0 Å². The molecule has 0 spiro atoms. The Hall–Kier alpha value is -0.640. The summed E-state index contributed by atoms with van der Waals surface area (Å²) in [6, 6.07) is 5.18. The largest absolute Gasteiger partial charge is 0.271 e. The summed E-state index contributed by atoms with van der Waals surface area (Å²) in [5.41, 5.74) is 3.75. The van der Waals surface area contributed by atoms with Gasteiger partial charge in [0.25, 0.3) is 0 Å². The molecule has 0 aromatic heterocycles. The van der Waals surface area contributed by atoms with Crippen LogP contribution in [0, 0.1) is 23.6 Å². The molecule has 2 aliphatic rings. The zero-order chi connectivity index (χ0) is 12.7. The lowest BCUT2D eigenvalue weighted by molar-refractivity contribution is 0.335. The van der Waals surface area contributed by atoms with E-state index >= 15 is 0 Å². The van der Waals surface area contributed by atoms with Gasteiger partial charge in [-0.3, -0.25) is 11.3 Å². The molecule has 0 aliphatic heterocycles. The van der Waals surface area contributed by atoms with Gasteiger partial charge in [0.1, 0.15) is 5.82 Å². The first kappa shape index (κ1) is 12.4. The minimum Gasteiger partial charge on any atom is -0.271 e. The van der Waals surface area contributed by atoms with E-state index in [4.69, 9.17) is 17.4 Å². The average molecular weight is 269 g/mol. The van der Waals surface area contributed by atoms with Crippen molar-refractivity contribution < 1.29 is 4.39 Å². The first-order chi connectivity index (χ1) is 8.69. The molecule has 2 nitrogen and oxygen atoms in total. The van der Waals surface area contributed by atoms with E-state index in [9.17, 15) is 4.39 Å². The molecule has 1 aromatic rings. The number of rotatable bonds is 4. The van der Waals surface area contributed by atoms with Crippen LogP contribution in [-0.2, 0) is 6.42 Å². The minimum absolute atomic E-state index is 0.206. The predicted molar refractivity (Wildman–Crippen MR) is 70.5 cm³/mol. The van der Waals surface area contributed by atoms with Crippen LogP contribution >= 0.6 is 11.6 Å². The highest BCUT2D eigenvalue weighted by atomic mass is 35.5. The number of halogens is 2. The second-order valence-electron chi connectivity index (χ2n) is 5.68. The maximum absolute atomic E-state index is 13.4. The molecule has 2 saturated carbocycles. The minimum atomic E-state index is -0.348. The van der Waals surface area contributed by atoms with E-state index in [1.54, 1.807) is 6.07 Å². The Bertz CT molecular complexity index is 441. The van der Waals surface area contributed by atoms with Gasteiger partial charge in [0, 0.05) is 6.04 Å². The fourth-order valence-electron chi connectivity index (χ4n) is 3.39. The van der Waals surface area contributed by atoms with Gasteiger partial charge in [-0.2, -0.15) is 0 Å². The third kappa shape index (κ3) is 2.27. The normalized spacial score (nSPS) is 31.2. The fraction of sp³-hybridized carbons (Fsp3) is 0.571. The molecule has 3 N–H and O–H groups in total. The summed E-state index contributed by atoms with van der Waals surface area (Å²) in [7, 11) is 0. The quantitative estimate of drug-likeness (QED) is 0.651. The molecule has 1 aromatic carbocycles. The number of nitrogens with two attached hydrogens (primary N) is 1. The molecule has 3 unspecified atom stereocenters. The van der Waals surface area contributed by atoms with Crippen molar-refractivity contribution in [2.45, 2.75) is 31.7 Å². The van der Waals surface area contributed by atoms with Crippen molar-refractivity contribution in [2.75, 3.05) is 0 Å². The summed E-state index contributed by atoms with van der Waals surface area (Å²) in [4.78, 5) is 0. The lowest BCUT2D eigenvalue weighted by Crippen LogP contribution is -2.42. The predicted octanol–water partition coefficient (Wildman–Crippen LogP) is 2.90. The number of hydrogen-bond donors (Lipinski definition) is 2. The maximum atomic E-state index is 13.4. The van der Waals surface area contributed by atoms with Crippen LogP contribution < -0.4 is 11.3 Å². The van der Waals surface area contributed by atoms with Crippen LogP contribution in [0.3, 0.4) is 0 Å². The van der Waals surface area contributed by atoms with Crippen LogP contribution in [0.1, 0.15) is 24.8 Å².